The number of sulfone groups is 1. The molecule has 2 N–H and O–H groups in total. The second-order valence-corrected chi connectivity index (χ2v) is 5.76. The van der Waals surface area contributed by atoms with Gasteiger partial charge in [-0.2, -0.15) is 0 Å². The number of carbonyl (C=O) groups is 2. The van der Waals surface area contributed by atoms with Gasteiger partial charge in [-0.05, 0) is 12.8 Å². The third kappa shape index (κ3) is 5.36. The second-order valence-electron chi connectivity index (χ2n) is 3.58. The molecule has 1 saturated carbocycles. The number of aliphatic carboxylic acids is 1. The maximum atomic E-state index is 11.1. The molecule has 0 radical (unpaired) electrons. The molecule has 7 heteroatoms. The van der Waals surface area contributed by atoms with Crippen molar-refractivity contribution >= 4 is 21.7 Å². The summed E-state index contributed by atoms with van der Waals surface area (Å²) in [5, 5.41) is 10.9. The Morgan fingerprint density at radius 2 is 1.93 bits per heavy atom. The first kappa shape index (κ1) is 12.0. The standard InChI is InChI=1S/C8H13NO5S/c10-7(9-6-1-2-6)3-4-15(13,14)5-8(11)12/h6H,1-5H2,(H,9,10)(H,11,12). The van der Waals surface area contributed by atoms with E-state index in [4.69, 9.17) is 5.11 Å². The Labute approximate surface area is 87.6 Å². The SMILES string of the molecule is O=C(O)CS(=O)(=O)CCC(=O)NC1CC1. The molecule has 1 aliphatic rings. The number of hydrogen-bond acceptors (Lipinski definition) is 4. The summed E-state index contributed by atoms with van der Waals surface area (Å²) in [7, 11) is -3.65. The molecule has 0 heterocycles. The molecule has 0 aliphatic heterocycles. The van der Waals surface area contributed by atoms with Crippen LogP contribution in [0.25, 0.3) is 0 Å². The molecule has 0 atom stereocenters. The number of rotatable bonds is 6. The van der Waals surface area contributed by atoms with Crippen LogP contribution < -0.4 is 5.32 Å². The number of hydrogen-bond donors (Lipinski definition) is 2. The Balaban J connectivity index is 2.27. The zero-order valence-electron chi connectivity index (χ0n) is 8.10. The fourth-order valence-electron chi connectivity index (χ4n) is 1.04. The van der Waals surface area contributed by atoms with Gasteiger partial charge in [0.1, 0.15) is 5.75 Å². The van der Waals surface area contributed by atoms with Crippen LogP contribution in [0, 0.1) is 0 Å². The van der Waals surface area contributed by atoms with Crippen LogP contribution in [0.15, 0.2) is 0 Å². The second kappa shape index (κ2) is 4.61. The van der Waals surface area contributed by atoms with Crippen molar-refractivity contribution in [3.8, 4) is 0 Å². The van der Waals surface area contributed by atoms with Crippen LogP contribution in [-0.2, 0) is 19.4 Å². The van der Waals surface area contributed by atoms with E-state index in [1.165, 1.54) is 0 Å². The first-order chi connectivity index (χ1) is 6.89. The van der Waals surface area contributed by atoms with Crippen molar-refractivity contribution in [1.82, 2.24) is 5.32 Å². The zero-order valence-corrected chi connectivity index (χ0v) is 8.92. The van der Waals surface area contributed by atoms with Crippen LogP contribution in [0.3, 0.4) is 0 Å². The molecule has 0 aromatic carbocycles. The maximum absolute atomic E-state index is 11.1. The van der Waals surface area contributed by atoms with Crippen LogP contribution >= 0.6 is 0 Å². The normalized spacial score (nSPS) is 16.0. The lowest BCUT2D eigenvalue weighted by molar-refractivity contribution is -0.134. The number of carboxylic acid groups (broad SMARTS) is 1. The molecule has 1 fully saturated rings. The molecule has 0 unspecified atom stereocenters. The summed E-state index contributed by atoms with van der Waals surface area (Å²) in [4.78, 5) is 21.3. The van der Waals surface area contributed by atoms with Gasteiger partial charge in [-0.15, -0.1) is 0 Å². The highest BCUT2D eigenvalue weighted by Crippen LogP contribution is 2.18. The van der Waals surface area contributed by atoms with Gasteiger partial charge >= 0.3 is 5.97 Å². The van der Waals surface area contributed by atoms with Crippen molar-refractivity contribution in [3.63, 3.8) is 0 Å². The van der Waals surface area contributed by atoms with Gasteiger partial charge in [-0.3, -0.25) is 9.59 Å². The Kier molecular flexibility index (Phi) is 3.67. The van der Waals surface area contributed by atoms with E-state index in [2.05, 4.69) is 5.32 Å². The van der Waals surface area contributed by atoms with E-state index in [-0.39, 0.29) is 18.4 Å². The topological polar surface area (TPSA) is 101 Å². The first-order valence-electron chi connectivity index (χ1n) is 4.60. The highest BCUT2D eigenvalue weighted by molar-refractivity contribution is 7.92. The van der Waals surface area contributed by atoms with Gasteiger partial charge in [0.25, 0.3) is 0 Å². The molecule has 1 aliphatic carbocycles. The molecule has 15 heavy (non-hydrogen) atoms. The van der Waals surface area contributed by atoms with E-state index in [9.17, 15) is 18.0 Å². The van der Waals surface area contributed by atoms with Gasteiger partial charge in [0, 0.05) is 12.5 Å². The number of carbonyl (C=O) groups excluding carboxylic acids is 1. The Morgan fingerprint density at radius 3 is 2.40 bits per heavy atom. The fourth-order valence-corrected chi connectivity index (χ4v) is 2.05. The minimum atomic E-state index is -3.65. The quantitative estimate of drug-likeness (QED) is 0.625. The van der Waals surface area contributed by atoms with E-state index in [1.807, 2.05) is 0 Å². The van der Waals surface area contributed by atoms with Crippen molar-refractivity contribution < 1.29 is 23.1 Å². The molecule has 0 saturated heterocycles. The summed E-state index contributed by atoms with van der Waals surface area (Å²) in [6, 6.07) is 0.194. The molecule has 0 spiro atoms. The highest BCUT2D eigenvalue weighted by atomic mass is 32.2. The molecule has 0 aromatic rings. The van der Waals surface area contributed by atoms with E-state index in [0.29, 0.717) is 0 Å². The number of carboxylic acids is 1. The van der Waals surface area contributed by atoms with Crippen LogP contribution in [-0.4, -0.2) is 42.9 Å². The van der Waals surface area contributed by atoms with Crippen molar-refractivity contribution in [2.45, 2.75) is 25.3 Å². The van der Waals surface area contributed by atoms with Gasteiger partial charge < -0.3 is 10.4 Å². The lowest BCUT2D eigenvalue weighted by atomic mass is 10.4. The number of amides is 1. The average molecular weight is 235 g/mol. The van der Waals surface area contributed by atoms with Crippen LogP contribution in [0.4, 0.5) is 0 Å². The molecular weight excluding hydrogens is 222 g/mol. The van der Waals surface area contributed by atoms with Crippen LogP contribution in [0.1, 0.15) is 19.3 Å². The van der Waals surface area contributed by atoms with Crippen LogP contribution in [0.5, 0.6) is 0 Å². The summed E-state index contributed by atoms with van der Waals surface area (Å²) in [5.74, 6) is -3.04. The van der Waals surface area contributed by atoms with E-state index in [0.717, 1.165) is 12.8 Å². The summed E-state index contributed by atoms with van der Waals surface area (Å²) < 4.78 is 22.2. The summed E-state index contributed by atoms with van der Waals surface area (Å²) >= 11 is 0. The monoisotopic (exact) mass is 235 g/mol. The minimum Gasteiger partial charge on any atom is -0.480 e. The Morgan fingerprint density at radius 1 is 1.33 bits per heavy atom. The molecule has 0 bridgehead atoms. The molecular formula is C8H13NO5S. The predicted molar refractivity (Wildman–Crippen MR) is 52.1 cm³/mol. The fraction of sp³-hybridized carbons (Fsp3) is 0.750. The third-order valence-electron chi connectivity index (χ3n) is 1.93. The molecule has 0 aromatic heterocycles. The largest absolute Gasteiger partial charge is 0.480 e. The highest BCUT2D eigenvalue weighted by Gasteiger charge is 2.24. The molecule has 6 nitrogen and oxygen atoms in total. The molecule has 1 rings (SSSR count). The van der Waals surface area contributed by atoms with E-state index >= 15 is 0 Å². The summed E-state index contributed by atoms with van der Waals surface area (Å²) in [5.41, 5.74) is 0. The Hall–Kier alpha value is -1.11. The van der Waals surface area contributed by atoms with Crippen molar-refractivity contribution in [2.75, 3.05) is 11.5 Å². The third-order valence-corrected chi connectivity index (χ3v) is 3.44. The first-order valence-corrected chi connectivity index (χ1v) is 6.43. The lowest BCUT2D eigenvalue weighted by Crippen LogP contribution is -2.28. The smallest absolute Gasteiger partial charge is 0.318 e. The van der Waals surface area contributed by atoms with Crippen molar-refractivity contribution in [1.29, 1.82) is 0 Å². The zero-order chi connectivity index (χ0) is 11.5. The minimum absolute atomic E-state index is 0.161. The maximum Gasteiger partial charge on any atom is 0.318 e. The van der Waals surface area contributed by atoms with Gasteiger partial charge in [0.2, 0.25) is 5.91 Å². The van der Waals surface area contributed by atoms with Gasteiger partial charge in [0.15, 0.2) is 9.84 Å². The molecule has 86 valence electrons. The van der Waals surface area contributed by atoms with Crippen molar-refractivity contribution in [3.05, 3.63) is 0 Å². The summed E-state index contributed by atoms with van der Waals surface area (Å²) in [6.07, 6.45) is 1.72. The summed E-state index contributed by atoms with van der Waals surface area (Å²) in [6.45, 7) is 0. The Bertz CT molecular complexity index is 357. The van der Waals surface area contributed by atoms with Gasteiger partial charge in [-0.25, -0.2) is 8.42 Å². The van der Waals surface area contributed by atoms with Gasteiger partial charge in [0.05, 0.1) is 5.75 Å². The van der Waals surface area contributed by atoms with Crippen LogP contribution in [0.2, 0.25) is 0 Å². The average Bonchev–Trinajstić information content (AvgIpc) is 2.82. The van der Waals surface area contributed by atoms with Gasteiger partial charge in [-0.1, -0.05) is 0 Å². The number of nitrogens with one attached hydrogen (secondary N) is 1. The van der Waals surface area contributed by atoms with E-state index < -0.39 is 27.3 Å². The van der Waals surface area contributed by atoms with Crippen molar-refractivity contribution in [2.24, 2.45) is 0 Å². The molecule has 1 amide bonds. The van der Waals surface area contributed by atoms with E-state index in [1.54, 1.807) is 0 Å². The lowest BCUT2D eigenvalue weighted by Gasteiger charge is -2.02. The predicted octanol–water partition coefficient (Wildman–Crippen LogP) is -0.845.